The molecule has 3 aromatic rings. The minimum Gasteiger partial charge on any atom is -0.477 e. The third-order valence-electron chi connectivity index (χ3n) is 6.06. The number of Topliss-reactive ketones (excluding diaryl/α,β-unsaturated/α-hetero) is 1. The number of carbonyl (C=O) groups is 1. The lowest BCUT2D eigenvalue weighted by atomic mass is 10.00. The summed E-state index contributed by atoms with van der Waals surface area (Å²) in [6.07, 6.45) is 1.80. The largest absolute Gasteiger partial charge is 0.477 e. The summed E-state index contributed by atoms with van der Waals surface area (Å²) in [7, 11) is 3.99. The normalized spacial score (nSPS) is 16.2. The van der Waals surface area contributed by atoms with Crippen molar-refractivity contribution in [2.75, 3.05) is 25.7 Å². The summed E-state index contributed by atoms with van der Waals surface area (Å²) in [6.45, 7) is 3.75. The Morgan fingerprint density at radius 2 is 1.85 bits per heavy atom. The fourth-order valence-corrected chi connectivity index (χ4v) is 4.48. The lowest BCUT2D eigenvalue weighted by Gasteiger charge is -2.30. The Kier molecular flexibility index (Phi) is 5.60. The van der Waals surface area contributed by atoms with Crippen LogP contribution >= 0.6 is 11.6 Å². The highest BCUT2D eigenvalue weighted by atomic mass is 35.5. The number of hydrogen-bond donors (Lipinski definition) is 0. The van der Waals surface area contributed by atoms with E-state index in [1.807, 2.05) is 80.5 Å². The third kappa shape index (κ3) is 4.10. The van der Waals surface area contributed by atoms with E-state index in [4.69, 9.17) is 21.1 Å². The number of fused-ring (bicyclic) bond motifs is 2. The lowest BCUT2D eigenvalue weighted by molar-refractivity contribution is 0.0877. The van der Waals surface area contributed by atoms with E-state index < -0.39 is 0 Å². The molecule has 2 heterocycles. The van der Waals surface area contributed by atoms with E-state index in [1.165, 1.54) is 0 Å². The van der Waals surface area contributed by atoms with Crippen LogP contribution in [0.25, 0.3) is 6.08 Å². The highest BCUT2D eigenvalue weighted by Gasteiger charge is 2.33. The number of halogens is 1. The molecular weight excluding hydrogens is 436 g/mol. The summed E-state index contributed by atoms with van der Waals surface area (Å²) in [4.78, 5) is 17.4. The van der Waals surface area contributed by atoms with Crippen molar-refractivity contribution < 1.29 is 14.3 Å². The van der Waals surface area contributed by atoms with Crippen LogP contribution in [0.2, 0.25) is 5.02 Å². The van der Waals surface area contributed by atoms with Gasteiger partial charge in [0.05, 0.1) is 5.56 Å². The van der Waals surface area contributed by atoms with Gasteiger partial charge < -0.3 is 14.4 Å². The number of allylic oxidation sites excluding steroid dienone is 1. The molecule has 33 heavy (non-hydrogen) atoms. The maximum absolute atomic E-state index is 13.2. The molecule has 2 aliphatic rings. The second-order valence-corrected chi connectivity index (χ2v) is 9.05. The molecule has 0 radical (unpaired) electrons. The molecule has 168 valence electrons. The van der Waals surface area contributed by atoms with Crippen LogP contribution in [-0.2, 0) is 13.1 Å². The second-order valence-electron chi connectivity index (χ2n) is 8.64. The predicted octanol–water partition coefficient (Wildman–Crippen LogP) is 5.68. The van der Waals surface area contributed by atoms with Crippen molar-refractivity contribution in [2.45, 2.75) is 20.0 Å². The molecule has 5 rings (SSSR count). The summed E-state index contributed by atoms with van der Waals surface area (Å²) in [5, 5.41) is 0.741. The van der Waals surface area contributed by atoms with Crippen molar-refractivity contribution in [3.05, 3.63) is 93.2 Å². The van der Waals surface area contributed by atoms with Crippen LogP contribution in [0.3, 0.4) is 0 Å². The molecule has 0 fully saturated rings. The summed E-state index contributed by atoms with van der Waals surface area (Å²) in [6, 6.07) is 17.7. The van der Waals surface area contributed by atoms with Gasteiger partial charge in [0.2, 0.25) is 5.78 Å². The van der Waals surface area contributed by atoms with E-state index >= 15 is 0 Å². The zero-order valence-corrected chi connectivity index (χ0v) is 19.6. The number of anilines is 1. The van der Waals surface area contributed by atoms with Crippen LogP contribution in [0.15, 0.2) is 60.4 Å². The van der Waals surface area contributed by atoms with Crippen LogP contribution in [0.4, 0.5) is 5.69 Å². The topological polar surface area (TPSA) is 42.0 Å². The quantitative estimate of drug-likeness (QED) is 0.468. The summed E-state index contributed by atoms with van der Waals surface area (Å²) in [5.74, 6) is 1.62. The molecule has 0 saturated carbocycles. The molecule has 0 amide bonds. The highest BCUT2D eigenvalue weighted by Crippen LogP contribution is 2.43. The van der Waals surface area contributed by atoms with Gasteiger partial charge in [-0.05, 0) is 48.4 Å². The standard InChI is InChI=1S/C27H25ClN2O3/c1-17-26-20(15-30(16-32-26)14-19-6-4-5-7-23(19)28)13-22-25(31)24(33-27(17)22)12-18-8-10-21(11-9-18)29(2)3/h4-13H,14-16H2,1-3H3/b24-12-. The average molecular weight is 461 g/mol. The molecule has 0 saturated heterocycles. The molecular formula is C27H25ClN2O3. The van der Waals surface area contributed by atoms with Crippen LogP contribution in [-0.4, -0.2) is 31.5 Å². The molecule has 0 aliphatic carbocycles. The lowest BCUT2D eigenvalue weighted by Crippen LogP contribution is -2.32. The molecule has 0 atom stereocenters. The van der Waals surface area contributed by atoms with Crippen LogP contribution in [0.5, 0.6) is 11.5 Å². The van der Waals surface area contributed by atoms with E-state index in [0.29, 0.717) is 36.9 Å². The van der Waals surface area contributed by atoms with Gasteiger partial charge >= 0.3 is 0 Å². The minimum absolute atomic E-state index is 0.101. The van der Waals surface area contributed by atoms with E-state index in [1.54, 1.807) is 6.08 Å². The fraction of sp³-hybridized carbons (Fsp3) is 0.222. The van der Waals surface area contributed by atoms with Crippen LogP contribution in [0, 0.1) is 6.92 Å². The first kappa shape index (κ1) is 21.6. The third-order valence-corrected chi connectivity index (χ3v) is 6.43. The summed E-state index contributed by atoms with van der Waals surface area (Å²) < 4.78 is 12.1. The Morgan fingerprint density at radius 1 is 1.09 bits per heavy atom. The van der Waals surface area contributed by atoms with Gasteiger partial charge in [-0.3, -0.25) is 9.69 Å². The van der Waals surface area contributed by atoms with Gasteiger partial charge in [-0.15, -0.1) is 0 Å². The van der Waals surface area contributed by atoms with Gasteiger partial charge in [-0.1, -0.05) is 41.9 Å². The van der Waals surface area contributed by atoms with Crippen LogP contribution < -0.4 is 14.4 Å². The number of hydrogen-bond acceptors (Lipinski definition) is 5. The van der Waals surface area contributed by atoms with Gasteiger partial charge in [0.25, 0.3) is 0 Å². The van der Waals surface area contributed by atoms with Crippen LogP contribution in [0.1, 0.15) is 32.6 Å². The number of nitrogens with zero attached hydrogens (tertiary/aromatic N) is 2. The molecule has 0 N–H and O–H groups in total. The summed E-state index contributed by atoms with van der Waals surface area (Å²) >= 11 is 6.33. The molecule has 0 bridgehead atoms. The smallest absolute Gasteiger partial charge is 0.231 e. The zero-order chi connectivity index (χ0) is 23.1. The molecule has 0 unspecified atom stereocenters. The SMILES string of the molecule is Cc1c2c(cc3c1O/C(=C\c1ccc(N(C)C)cc1)C3=O)CN(Cc1ccccc1Cl)CO2. The van der Waals surface area contributed by atoms with Crippen molar-refractivity contribution in [1.82, 2.24) is 4.90 Å². The average Bonchev–Trinajstić information content (AvgIpc) is 3.11. The molecule has 0 aromatic heterocycles. The van der Waals surface area contributed by atoms with Gasteiger partial charge in [0, 0.05) is 49.0 Å². The number of rotatable bonds is 4. The predicted molar refractivity (Wildman–Crippen MR) is 131 cm³/mol. The Morgan fingerprint density at radius 3 is 2.58 bits per heavy atom. The van der Waals surface area contributed by atoms with Crippen molar-refractivity contribution in [1.29, 1.82) is 0 Å². The maximum Gasteiger partial charge on any atom is 0.231 e. The Hall–Kier alpha value is -3.28. The Bertz CT molecular complexity index is 1270. The van der Waals surface area contributed by atoms with Crippen molar-refractivity contribution >= 4 is 29.1 Å². The van der Waals surface area contributed by atoms with Gasteiger partial charge in [0.1, 0.15) is 18.2 Å². The number of benzene rings is 3. The molecule has 0 spiro atoms. The minimum atomic E-state index is -0.101. The van der Waals surface area contributed by atoms with Gasteiger partial charge in [-0.25, -0.2) is 0 Å². The first-order chi connectivity index (χ1) is 15.9. The summed E-state index contributed by atoms with van der Waals surface area (Å²) in [5.41, 5.74) is 5.50. The number of ether oxygens (including phenoxy) is 2. The van der Waals surface area contributed by atoms with Gasteiger partial charge in [0.15, 0.2) is 5.76 Å². The zero-order valence-electron chi connectivity index (χ0n) is 18.9. The highest BCUT2D eigenvalue weighted by molar-refractivity contribution is 6.31. The second kappa shape index (κ2) is 8.58. The fourth-order valence-electron chi connectivity index (χ4n) is 4.29. The van der Waals surface area contributed by atoms with E-state index in [9.17, 15) is 4.79 Å². The van der Waals surface area contributed by atoms with Crippen molar-refractivity contribution in [3.63, 3.8) is 0 Å². The van der Waals surface area contributed by atoms with E-state index in [-0.39, 0.29) is 5.78 Å². The Labute approximate surface area is 198 Å². The van der Waals surface area contributed by atoms with E-state index in [0.717, 1.165) is 38.7 Å². The maximum atomic E-state index is 13.2. The monoisotopic (exact) mass is 460 g/mol. The molecule has 2 aliphatic heterocycles. The number of carbonyl (C=O) groups excluding carboxylic acids is 1. The Balaban J connectivity index is 1.40. The van der Waals surface area contributed by atoms with Gasteiger partial charge in [-0.2, -0.15) is 0 Å². The molecule has 5 nitrogen and oxygen atoms in total. The van der Waals surface area contributed by atoms with Crippen molar-refractivity contribution in [2.24, 2.45) is 0 Å². The first-order valence-corrected chi connectivity index (χ1v) is 11.2. The van der Waals surface area contributed by atoms with Crippen molar-refractivity contribution in [3.8, 4) is 11.5 Å². The van der Waals surface area contributed by atoms with E-state index in [2.05, 4.69) is 4.90 Å². The molecule has 3 aromatic carbocycles. The number of ketones is 1. The molecule has 6 heteroatoms. The first-order valence-electron chi connectivity index (χ1n) is 10.9.